The molecule has 2 aromatic heterocycles. The van der Waals surface area contributed by atoms with Crippen LogP contribution in [0.4, 0.5) is 5.82 Å². The summed E-state index contributed by atoms with van der Waals surface area (Å²) in [5, 5.41) is 8.98. The largest absolute Gasteiger partial charge is 1.00 e. The maximum Gasteiger partial charge on any atom is 0.225 e. The van der Waals surface area contributed by atoms with Crippen molar-refractivity contribution in [3.63, 3.8) is 0 Å². The molecule has 0 amide bonds. The second-order valence-electron chi connectivity index (χ2n) is 4.16. The third-order valence-electron chi connectivity index (χ3n) is 2.85. The van der Waals surface area contributed by atoms with Crippen LogP contribution in [0.1, 0.15) is 22.0 Å². The van der Waals surface area contributed by atoms with E-state index in [1.165, 1.54) is 4.88 Å². The summed E-state index contributed by atoms with van der Waals surface area (Å²) in [6, 6.07) is 0. The fraction of sp³-hybridized carbons (Fsp3) is 0.417. The Morgan fingerprint density at radius 3 is 2.62 bits per heavy atom. The van der Waals surface area contributed by atoms with Gasteiger partial charge in [0.2, 0.25) is 5.51 Å². The average Bonchev–Trinajstić information content (AvgIpc) is 2.66. The molecule has 0 aliphatic rings. The first-order valence-corrected chi connectivity index (χ1v) is 6.65. The monoisotopic (exact) mass is 354 g/mol. The molecule has 0 aliphatic carbocycles. The van der Waals surface area contributed by atoms with Gasteiger partial charge in [-0.25, -0.2) is 9.97 Å². The van der Waals surface area contributed by atoms with E-state index in [0.29, 0.717) is 24.6 Å². The number of rotatable bonds is 4. The lowest BCUT2D eigenvalue weighted by atomic mass is 10.2. The van der Waals surface area contributed by atoms with Crippen LogP contribution in [0.25, 0.3) is 0 Å². The molecule has 9 heteroatoms. The molecule has 0 aromatic carbocycles. The summed E-state index contributed by atoms with van der Waals surface area (Å²) in [6.07, 6.45) is 2.47. The summed E-state index contributed by atoms with van der Waals surface area (Å²) in [5.74, 6) is 1.22. The van der Waals surface area contributed by atoms with Crippen molar-refractivity contribution < 1.29 is 27.6 Å². The van der Waals surface area contributed by atoms with Gasteiger partial charge >= 0.3 is 0 Å². The summed E-state index contributed by atoms with van der Waals surface area (Å²) >= 11 is 1.65. The smallest absolute Gasteiger partial charge is 0.225 e. The van der Waals surface area contributed by atoms with Gasteiger partial charge in [0.1, 0.15) is 11.6 Å². The van der Waals surface area contributed by atoms with Gasteiger partial charge in [-0.2, -0.15) is 4.57 Å². The number of hydrogen-bond donors (Lipinski definition) is 2. The number of aromatic nitrogens is 3. The summed E-state index contributed by atoms with van der Waals surface area (Å²) in [7, 11) is 0. The van der Waals surface area contributed by atoms with Gasteiger partial charge in [0.15, 0.2) is 12.2 Å². The third-order valence-corrected chi connectivity index (χ3v) is 4.00. The van der Waals surface area contributed by atoms with Crippen LogP contribution in [0.2, 0.25) is 0 Å². The zero-order valence-corrected chi connectivity index (χ0v) is 14.2. The lowest BCUT2D eigenvalue weighted by Gasteiger charge is -2.01. The van der Waals surface area contributed by atoms with Gasteiger partial charge in [-0.3, -0.25) is 0 Å². The quantitative estimate of drug-likeness (QED) is 0.578. The molecule has 0 aliphatic heterocycles. The van der Waals surface area contributed by atoms with Gasteiger partial charge in [0.25, 0.3) is 0 Å². The Balaban J connectivity index is 0. The van der Waals surface area contributed by atoms with Gasteiger partial charge in [-0.1, -0.05) is 11.3 Å². The van der Waals surface area contributed by atoms with Crippen molar-refractivity contribution >= 4 is 29.6 Å². The molecule has 6 nitrogen and oxygen atoms in total. The van der Waals surface area contributed by atoms with E-state index in [-0.39, 0.29) is 36.9 Å². The number of aryl methyl sites for hydroxylation is 1. The predicted octanol–water partition coefficient (Wildman–Crippen LogP) is -2.79. The summed E-state index contributed by atoms with van der Waals surface area (Å²) in [4.78, 5) is 9.53. The summed E-state index contributed by atoms with van der Waals surface area (Å²) in [5.41, 5.74) is 10.0. The number of halogens is 2. The lowest BCUT2D eigenvalue weighted by Crippen LogP contribution is -3.00. The number of aliphatic hydroxyl groups excluding tert-OH is 1. The average molecular weight is 355 g/mol. The Morgan fingerprint density at radius 1 is 1.38 bits per heavy atom. The van der Waals surface area contributed by atoms with E-state index in [2.05, 4.69) is 14.5 Å². The minimum Gasteiger partial charge on any atom is -1.00 e. The number of nitrogen functional groups attached to an aromatic ring is 1. The number of anilines is 1. The Hall–Kier alpha value is -0.990. The topological polar surface area (TPSA) is 107 Å². The predicted molar refractivity (Wildman–Crippen MR) is 81.2 cm³/mol. The first-order chi connectivity index (χ1) is 8.61. The molecule has 2 heterocycles. The SMILES string of the molecule is Cc1ncc(C[n+]2csc(CCO)c2C)c(N)n1.Cl.O.[Cl-]. The summed E-state index contributed by atoms with van der Waals surface area (Å²) in [6.45, 7) is 4.71. The zero-order valence-electron chi connectivity index (χ0n) is 11.8. The highest BCUT2D eigenvalue weighted by atomic mass is 35.5. The number of thiazole rings is 1. The zero-order chi connectivity index (χ0) is 13.1. The summed E-state index contributed by atoms with van der Waals surface area (Å²) < 4.78 is 2.11. The number of hydrogen-bond acceptors (Lipinski definition) is 5. The van der Waals surface area contributed by atoms with Gasteiger partial charge in [0, 0.05) is 26.1 Å². The molecule has 5 N–H and O–H groups in total. The molecule has 0 atom stereocenters. The first kappa shape index (κ1) is 22.3. The van der Waals surface area contributed by atoms with Crippen LogP contribution < -0.4 is 22.7 Å². The van der Waals surface area contributed by atoms with Gasteiger partial charge in [-0.15, -0.1) is 12.4 Å². The van der Waals surface area contributed by atoms with E-state index in [0.717, 1.165) is 11.3 Å². The van der Waals surface area contributed by atoms with Crippen LogP contribution >= 0.6 is 23.7 Å². The minimum absolute atomic E-state index is 0. The van der Waals surface area contributed by atoms with Crippen LogP contribution in [0.5, 0.6) is 0 Å². The van der Waals surface area contributed by atoms with E-state index in [9.17, 15) is 0 Å². The highest BCUT2D eigenvalue weighted by Crippen LogP contribution is 2.13. The number of nitrogens with two attached hydrogens (primary N) is 1. The molecule has 0 unspecified atom stereocenters. The highest BCUT2D eigenvalue weighted by molar-refractivity contribution is 7.09. The molecule has 0 saturated carbocycles. The second kappa shape index (κ2) is 9.86. The van der Waals surface area contributed by atoms with Gasteiger partial charge < -0.3 is 28.7 Å². The molecule has 0 bridgehead atoms. The molecule has 0 saturated heterocycles. The van der Waals surface area contributed by atoms with E-state index < -0.39 is 0 Å². The van der Waals surface area contributed by atoms with Gasteiger partial charge in [-0.05, 0) is 6.92 Å². The van der Waals surface area contributed by atoms with Crippen molar-refractivity contribution in [1.82, 2.24) is 9.97 Å². The molecular formula is C12H20Cl2N4O2S. The van der Waals surface area contributed by atoms with Gasteiger partial charge in [0.05, 0.1) is 10.4 Å². The first-order valence-electron chi connectivity index (χ1n) is 5.77. The van der Waals surface area contributed by atoms with E-state index >= 15 is 0 Å². The van der Waals surface area contributed by atoms with Crippen molar-refractivity contribution in [3.8, 4) is 0 Å². The third kappa shape index (κ3) is 5.37. The van der Waals surface area contributed by atoms with Crippen molar-refractivity contribution in [2.75, 3.05) is 12.3 Å². The molecule has 120 valence electrons. The minimum atomic E-state index is 0. The Labute approximate surface area is 140 Å². The highest BCUT2D eigenvalue weighted by Gasteiger charge is 2.16. The van der Waals surface area contributed by atoms with E-state index in [1.807, 2.05) is 19.4 Å². The Bertz CT molecular complexity index is 566. The van der Waals surface area contributed by atoms with E-state index in [4.69, 9.17) is 10.8 Å². The number of nitrogens with zero attached hydrogens (tertiary/aromatic N) is 3. The van der Waals surface area contributed by atoms with Crippen molar-refractivity contribution in [2.24, 2.45) is 0 Å². The maximum atomic E-state index is 8.98. The fourth-order valence-corrected chi connectivity index (χ4v) is 2.75. The van der Waals surface area contributed by atoms with Crippen LogP contribution in [0.3, 0.4) is 0 Å². The maximum absolute atomic E-state index is 8.98. The molecule has 2 rings (SSSR count). The van der Waals surface area contributed by atoms with Crippen LogP contribution in [0, 0.1) is 13.8 Å². The molecule has 21 heavy (non-hydrogen) atoms. The molecule has 2 aromatic rings. The lowest BCUT2D eigenvalue weighted by molar-refractivity contribution is -0.689. The van der Waals surface area contributed by atoms with Crippen LogP contribution in [-0.2, 0) is 13.0 Å². The standard InChI is InChI=1S/C12H17N4OS.2ClH.H2O/c1-8-11(3-4-17)18-7-16(8)6-10-5-14-9(2)15-12(10)13;;;/h5,7,17H,3-4,6H2,1-2H3,(H2,13,14,15);2*1H;1H2/q+1;;;/p-1. The second-order valence-corrected chi connectivity index (χ2v) is 5.10. The van der Waals surface area contributed by atoms with Crippen molar-refractivity contribution in [3.05, 3.63) is 33.7 Å². The Kier molecular flexibility index (Phi) is 10.5. The molecule has 0 fully saturated rings. The van der Waals surface area contributed by atoms with Crippen molar-refractivity contribution in [1.29, 1.82) is 0 Å². The van der Waals surface area contributed by atoms with Crippen LogP contribution in [0.15, 0.2) is 11.7 Å². The normalized spacial score (nSPS) is 9.29. The molecular weight excluding hydrogens is 335 g/mol. The number of aliphatic hydroxyl groups is 1. The molecule has 0 spiro atoms. The van der Waals surface area contributed by atoms with Crippen molar-refractivity contribution in [2.45, 2.75) is 26.8 Å². The van der Waals surface area contributed by atoms with Crippen LogP contribution in [-0.4, -0.2) is 27.2 Å². The molecule has 0 radical (unpaired) electrons. The fourth-order valence-electron chi connectivity index (χ4n) is 1.77. The Morgan fingerprint density at radius 2 is 2.05 bits per heavy atom. The van der Waals surface area contributed by atoms with E-state index in [1.54, 1.807) is 17.5 Å².